The van der Waals surface area contributed by atoms with E-state index in [0.717, 1.165) is 5.69 Å². The Morgan fingerprint density at radius 2 is 1.76 bits per heavy atom. The first kappa shape index (κ1) is 26.3. The van der Waals surface area contributed by atoms with Crippen LogP contribution in [0.2, 0.25) is 0 Å². The smallest absolute Gasteiger partial charge is 0.261 e. The van der Waals surface area contributed by atoms with Crippen LogP contribution in [0.25, 0.3) is 16.9 Å². The minimum Gasteiger partial charge on any atom is -0.491 e. The number of hydrogen-bond donors (Lipinski definition) is 1. The van der Waals surface area contributed by atoms with Gasteiger partial charge in [0.2, 0.25) is 0 Å². The topological polar surface area (TPSA) is 65.4 Å². The Morgan fingerprint density at radius 3 is 2.43 bits per heavy atom. The van der Waals surface area contributed by atoms with Gasteiger partial charge in [0.05, 0.1) is 18.0 Å². The molecule has 1 unspecified atom stereocenters. The zero-order valence-electron chi connectivity index (χ0n) is 20.4. The third kappa shape index (κ3) is 6.35. The number of para-hydroxylation sites is 1. The van der Waals surface area contributed by atoms with Crippen molar-refractivity contribution in [2.24, 2.45) is 0 Å². The summed E-state index contributed by atoms with van der Waals surface area (Å²) in [7, 11) is 0. The number of nitrogens with one attached hydrogen (secondary N) is 1. The van der Waals surface area contributed by atoms with Crippen molar-refractivity contribution in [2.45, 2.75) is 32.9 Å². The molecule has 1 amide bonds. The highest BCUT2D eigenvalue weighted by Crippen LogP contribution is 2.28. The lowest BCUT2D eigenvalue weighted by atomic mass is 10.1. The summed E-state index contributed by atoms with van der Waals surface area (Å²) in [6.07, 6.45) is 1.23. The molecule has 0 fully saturated rings. The second-order valence-electron chi connectivity index (χ2n) is 8.17. The van der Waals surface area contributed by atoms with Gasteiger partial charge in [-0.1, -0.05) is 41.1 Å². The van der Waals surface area contributed by atoms with Crippen molar-refractivity contribution in [3.05, 3.63) is 94.6 Å². The lowest BCUT2D eigenvalue weighted by Gasteiger charge is -2.18. The molecule has 0 radical (unpaired) electrons. The monoisotopic (exact) mass is 569 g/mol. The predicted molar refractivity (Wildman–Crippen MR) is 141 cm³/mol. The van der Waals surface area contributed by atoms with Gasteiger partial charge in [0, 0.05) is 28.3 Å². The second kappa shape index (κ2) is 12.0. The van der Waals surface area contributed by atoms with E-state index in [1.807, 2.05) is 30.3 Å². The molecular weight excluding hydrogens is 544 g/mol. The van der Waals surface area contributed by atoms with E-state index in [0.29, 0.717) is 34.3 Å². The zero-order chi connectivity index (χ0) is 26.4. The number of halogens is 3. The zero-order valence-corrected chi connectivity index (χ0v) is 22.0. The Kier molecular flexibility index (Phi) is 8.55. The first-order valence-corrected chi connectivity index (χ1v) is 12.6. The van der Waals surface area contributed by atoms with Crippen LogP contribution in [-0.2, 0) is 11.3 Å². The summed E-state index contributed by atoms with van der Waals surface area (Å²) in [5.74, 6) is -1.32. The molecule has 1 atom stereocenters. The Bertz CT molecular complexity index is 1380. The average molecular weight is 570 g/mol. The number of ether oxygens (including phenoxy) is 2. The lowest BCUT2D eigenvalue weighted by Crippen LogP contribution is -2.37. The van der Waals surface area contributed by atoms with Crippen molar-refractivity contribution >= 4 is 21.8 Å². The van der Waals surface area contributed by atoms with Gasteiger partial charge in [0.1, 0.15) is 0 Å². The quantitative estimate of drug-likeness (QED) is 0.238. The minimum absolute atomic E-state index is 0.00681. The second-order valence-corrected chi connectivity index (χ2v) is 9.08. The molecule has 1 heterocycles. The average Bonchev–Trinajstić information content (AvgIpc) is 3.33. The third-order valence-corrected chi connectivity index (χ3v) is 6.09. The normalized spacial score (nSPS) is 11.7. The summed E-state index contributed by atoms with van der Waals surface area (Å²) in [6, 6.07) is 18.5. The molecule has 37 heavy (non-hydrogen) atoms. The number of aromatic nitrogens is 2. The molecule has 4 rings (SSSR count). The molecule has 0 saturated heterocycles. The van der Waals surface area contributed by atoms with E-state index in [2.05, 4.69) is 26.3 Å². The molecule has 0 spiro atoms. The number of rotatable bonds is 10. The van der Waals surface area contributed by atoms with Crippen molar-refractivity contribution < 1.29 is 23.0 Å². The van der Waals surface area contributed by atoms with Gasteiger partial charge >= 0.3 is 0 Å². The number of benzene rings is 3. The Labute approximate surface area is 222 Å². The fourth-order valence-corrected chi connectivity index (χ4v) is 4.09. The predicted octanol–water partition coefficient (Wildman–Crippen LogP) is 6.45. The fourth-order valence-electron chi connectivity index (χ4n) is 3.76. The van der Waals surface area contributed by atoms with Crippen molar-refractivity contribution in [3.63, 3.8) is 0 Å². The summed E-state index contributed by atoms with van der Waals surface area (Å²) in [5, 5.41) is 7.53. The van der Waals surface area contributed by atoms with Crippen molar-refractivity contribution in [3.8, 4) is 28.4 Å². The van der Waals surface area contributed by atoms with Crippen LogP contribution in [0.4, 0.5) is 8.78 Å². The van der Waals surface area contributed by atoms with Crippen LogP contribution < -0.4 is 14.8 Å². The van der Waals surface area contributed by atoms with Gasteiger partial charge in [-0.2, -0.15) is 5.10 Å². The summed E-state index contributed by atoms with van der Waals surface area (Å²) in [4.78, 5) is 13.0. The largest absolute Gasteiger partial charge is 0.491 e. The van der Waals surface area contributed by atoms with Gasteiger partial charge in [-0.05, 0) is 61.9 Å². The fraction of sp³-hybridized carbons (Fsp3) is 0.214. The Balaban J connectivity index is 1.58. The van der Waals surface area contributed by atoms with Crippen LogP contribution in [0.5, 0.6) is 11.5 Å². The number of hydrogen-bond acceptors (Lipinski definition) is 4. The highest BCUT2D eigenvalue weighted by atomic mass is 79.9. The number of amides is 1. The number of nitrogens with zero attached hydrogens (tertiary/aromatic N) is 2. The summed E-state index contributed by atoms with van der Waals surface area (Å²) in [6.45, 7) is 4.02. The summed E-state index contributed by atoms with van der Waals surface area (Å²) in [5.41, 5.74) is 2.54. The van der Waals surface area contributed by atoms with Crippen LogP contribution in [0.1, 0.15) is 25.8 Å². The Morgan fingerprint density at radius 1 is 1.03 bits per heavy atom. The van der Waals surface area contributed by atoms with Crippen molar-refractivity contribution in [1.82, 2.24) is 15.1 Å². The molecule has 6 nitrogen and oxygen atoms in total. The van der Waals surface area contributed by atoms with Gasteiger partial charge in [0.15, 0.2) is 29.2 Å². The van der Waals surface area contributed by atoms with Gasteiger partial charge in [0.25, 0.3) is 5.91 Å². The number of carbonyl (C=O) groups is 1. The van der Waals surface area contributed by atoms with E-state index in [-0.39, 0.29) is 18.0 Å². The van der Waals surface area contributed by atoms with E-state index < -0.39 is 23.6 Å². The molecule has 192 valence electrons. The molecular formula is C28H26BrF2N3O3. The van der Waals surface area contributed by atoms with Crippen LogP contribution in [0.3, 0.4) is 0 Å². The van der Waals surface area contributed by atoms with Gasteiger partial charge in [-0.25, -0.2) is 13.5 Å². The van der Waals surface area contributed by atoms with E-state index >= 15 is 0 Å². The van der Waals surface area contributed by atoms with Crippen LogP contribution in [-0.4, -0.2) is 28.4 Å². The first-order valence-electron chi connectivity index (χ1n) is 11.9. The van der Waals surface area contributed by atoms with E-state index in [1.54, 1.807) is 42.9 Å². The highest BCUT2D eigenvalue weighted by Gasteiger charge is 2.22. The molecule has 0 aliphatic carbocycles. The highest BCUT2D eigenvalue weighted by molar-refractivity contribution is 9.10. The molecule has 3 aromatic carbocycles. The molecule has 9 heteroatoms. The van der Waals surface area contributed by atoms with Crippen LogP contribution in [0.15, 0.2) is 77.4 Å². The maximum absolute atomic E-state index is 14.6. The molecule has 0 saturated carbocycles. The maximum Gasteiger partial charge on any atom is 0.261 e. The maximum atomic E-state index is 14.6. The molecule has 0 aliphatic heterocycles. The molecule has 1 N–H and O–H groups in total. The van der Waals surface area contributed by atoms with Gasteiger partial charge in [-0.3, -0.25) is 4.79 Å². The van der Waals surface area contributed by atoms with E-state index in [4.69, 9.17) is 9.47 Å². The molecule has 4 aromatic rings. The van der Waals surface area contributed by atoms with Gasteiger partial charge in [-0.15, -0.1) is 0 Å². The Hall–Kier alpha value is -3.72. The lowest BCUT2D eigenvalue weighted by molar-refractivity contribution is -0.128. The molecule has 0 bridgehead atoms. The van der Waals surface area contributed by atoms with Crippen LogP contribution in [0, 0.1) is 11.6 Å². The molecule has 0 aliphatic rings. The van der Waals surface area contributed by atoms with E-state index in [9.17, 15) is 13.6 Å². The van der Waals surface area contributed by atoms with Crippen molar-refractivity contribution in [1.29, 1.82) is 0 Å². The van der Waals surface area contributed by atoms with Crippen LogP contribution >= 0.6 is 15.9 Å². The SMILES string of the molecule is CCOc1ccc(-c2nn(-c3ccccc3)cc2CNC(=O)C(CC)Oc2ccc(Br)cc2F)cc1F. The molecule has 1 aromatic heterocycles. The first-order chi connectivity index (χ1) is 17.9. The van der Waals surface area contributed by atoms with Crippen molar-refractivity contribution in [2.75, 3.05) is 6.61 Å². The minimum atomic E-state index is -0.897. The number of carbonyl (C=O) groups excluding carboxylic acids is 1. The van der Waals surface area contributed by atoms with Gasteiger partial charge < -0.3 is 14.8 Å². The third-order valence-electron chi connectivity index (χ3n) is 5.60. The summed E-state index contributed by atoms with van der Waals surface area (Å²) >= 11 is 3.21. The summed E-state index contributed by atoms with van der Waals surface area (Å²) < 4.78 is 42.1. The standard InChI is InChI=1S/C28H26BrF2N3O3/c1-3-24(37-26-13-11-20(29)15-23(26)31)28(35)32-16-19-17-34(21-8-6-5-7-9-21)33-27(19)18-10-12-25(36-4-2)22(30)14-18/h5-15,17,24H,3-4,16H2,1-2H3,(H,32,35). The van der Waals surface area contributed by atoms with E-state index in [1.165, 1.54) is 18.2 Å².